The van der Waals surface area contributed by atoms with E-state index in [4.69, 9.17) is 9.84 Å². The topological polar surface area (TPSA) is 46.5 Å². The van der Waals surface area contributed by atoms with Crippen LogP contribution >= 0.6 is 22.6 Å². The Morgan fingerprint density at radius 1 is 1.50 bits per heavy atom. The van der Waals surface area contributed by atoms with Crippen molar-refractivity contribution in [2.45, 2.75) is 20.0 Å². The molecule has 0 atom stereocenters. The van der Waals surface area contributed by atoms with Crippen LogP contribution in [0.15, 0.2) is 18.2 Å². The molecule has 0 spiro atoms. The van der Waals surface area contributed by atoms with E-state index < -0.39 is 5.97 Å². The predicted octanol–water partition coefficient (Wildman–Crippen LogP) is 2.78. The lowest BCUT2D eigenvalue weighted by Gasteiger charge is -2.12. The largest absolute Gasteiger partial charge is 0.490 e. The summed E-state index contributed by atoms with van der Waals surface area (Å²) in [5.41, 5.74) is 0.281. The first-order chi connectivity index (χ1) is 6.52. The third-order valence-corrected chi connectivity index (χ3v) is 2.67. The highest BCUT2D eigenvalue weighted by molar-refractivity contribution is 14.1. The van der Waals surface area contributed by atoms with Crippen molar-refractivity contribution in [2.24, 2.45) is 0 Å². The Hall–Kier alpha value is -0.780. The molecule has 0 heterocycles. The van der Waals surface area contributed by atoms with Gasteiger partial charge in [-0.2, -0.15) is 0 Å². The second-order valence-electron chi connectivity index (χ2n) is 3.09. The number of carboxylic acids is 1. The van der Waals surface area contributed by atoms with E-state index in [-0.39, 0.29) is 11.7 Å². The highest BCUT2D eigenvalue weighted by Crippen LogP contribution is 2.25. The van der Waals surface area contributed by atoms with Crippen LogP contribution in [0.25, 0.3) is 0 Å². The Labute approximate surface area is 96.2 Å². The van der Waals surface area contributed by atoms with Gasteiger partial charge in [0, 0.05) is 0 Å². The number of aromatic carboxylic acids is 1. The smallest absolute Gasteiger partial charge is 0.336 e. The van der Waals surface area contributed by atoms with Gasteiger partial charge in [-0.25, -0.2) is 4.79 Å². The molecule has 4 heteroatoms. The molecule has 0 saturated carbocycles. The van der Waals surface area contributed by atoms with E-state index >= 15 is 0 Å². The summed E-state index contributed by atoms with van der Waals surface area (Å²) in [5.74, 6) is -0.302. The van der Waals surface area contributed by atoms with Crippen LogP contribution in [0.4, 0.5) is 0 Å². The molecule has 0 saturated heterocycles. The lowest BCUT2D eigenvalue weighted by molar-refractivity contribution is 0.0694. The SMILES string of the molecule is CC(C)Oc1cccc(C(=O)O)c1I. The summed E-state index contributed by atoms with van der Waals surface area (Å²) in [6.45, 7) is 3.81. The molecule has 76 valence electrons. The van der Waals surface area contributed by atoms with E-state index in [1.54, 1.807) is 18.2 Å². The van der Waals surface area contributed by atoms with Crippen LogP contribution in [-0.4, -0.2) is 17.2 Å². The molecule has 1 aromatic carbocycles. The van der Waals surface area contributed by atoms with Gasteiger partial charge in [0.2, 0.25) is 0 Å². The zero-order chi connectivity index (χ0) is 10.7. The number of hydrogen-bond donors (Lipinski definition) is 1. The average Bonchev–Trinajstić information content (AvgIpc) is 2.07. The lowest BCUT2D eigenvalue weighted by atomic mass is 10.2. The standard InChI is InChI=1S/C10H11IO3/c1-6(2)14-8-5-3-4-7(9(8)11)10(12)13/h3-6H,1-2H3,(H,12,13). The van der Waals surface area contributed by atoms with Gasteiger partial charge in [0.05, 0.1) is 15.2 Å². The first kappa shape index (κ1) is 11.3. The first-order valence-electron chi connectivity index (χ1n) is 4.21. The Balaban J connectivity index is 3.07. The molecule has 0 radical (unpaired) electrons. The first-order valence-corrected chi connectivity index (χ1v) is 5.28. The zero-order valence-corrected chi connectivity index (χ0v) is 10.1. The maximum absolute atomic E-state index is 10.8. The molecule has 0 fully saturated rings. The molecular formula is C10H11IO3. The maximum Gasteiger partial charge on any atom is 0.336 e. The zero-order valence-electron chi connectivity index (χ0n) is 7.95. The molecule has 0 aliphatic rings. The lowest BCUT2D eigenvalue weighted by Crippen LogP contribution is -2.09. The van der Waals surface area contributed by atoms with Gasteiger partial charge in [-0.3, -0.25) is 0 Å². The predicted molar refractivity (Wildman–Crippen MR) is 61.9 cm³/mol. The average molecular weight is 306 g/mol. The number of carbonyl (C=O) groups is 1. The van der Waals surface area contributed by atoms with Crippen molar-refractivity contribution in [1.29, 1.82) is 0 Å². The highest BCUT2D eigenvalue weighted by atomic mass is 127. The quantitative estimate of drug-likeness (QED) is 0.874. The van der Waals surface area contributed by atoms with Crippen LogP contribution in [0.2, 0.25) is 0 Å². The van der Waals surface area contributed by atoms with Gasteiger partial charge >= 0.3 is 5.97 Å². The molecule has 0 amide bonds. The molecule has 14 heavy (non-hydrogen) atoms. The summed E-state index contributed by atoms with van der Waals surface area (Å²) in [4.78, 5) is 10.8. The van der Waals surface area contributed by atoms with Crippen molar-refractivity contribution < 1.29 is 14.6 Å². The summed E-state index contributed by atoms with van der Waals surface area (Å²) < 4.78 is 6.11. The second-order valence-corrected chi connectivity index (χ2v) is 4.17. The van der Waals surface area contributed by atoms with Crippen molar-refractivity contribution in [3.8, 4) is 5.75 Å². The third-order valence-electron chi connectivity index (χ3n) is 1.56. The molecule has 1 aromatic rings. The van der Waals surface area contributed by atoms with Gasteiger partial charge in [0.15, 0.2) is 0 Å². The number of benzene rings is 1. The van der Waals surface area contributed by atoms with Gasteiger partial charge in [-0.1, -0.05) is 6.07 Å². The number of halogens is 1. The van der Waals surface area contributed by atoms with Crippen LogP contribution in [0, 0.1) is 3.57 Å². The van der Waals surface area contributed by atoms with E-state index in [0.29, 0.717) is 9.32 Å². The number of hydrogen-bond acceptors (Lipinski definition) is 2. The Bertz CT molecular complexity index is 347. The van der Waals surface area contributed by atoms with Gasteiger partial charge in [-0.05, 0) is 48.6 Å². The number of ether oxygens (including phenoxy) is 1. The van der Waals surface area contributed by atoms with E-state index in [1.165, 1.54) is 0 Å². The van der Waals surface area contributed by atoms with Gasteiger partial charge < -0.3 is 9.84 Å². The second kappa shape index (κ2) is 4.63. The summed E-state index contributed by atoms with van der Waals surface area (Å²) >= 11 is 1.98. The van der Waals surface area contributed by atoms with Crippen LogP contribution in [-0.2, 0) is 0 Å². The number of rotatable bonds is 3. The van der Waals surface area contributed by atoms with Crippen molar-refractivity contribution in [1.82, 2.24) is 0 Å². The van der Waals surface area contributed by atoms with Crippen molar-refractivity contribution in [2.75, 3.05) is 0 Å². The molecule has 0 aliphatic carbocycles. The highest BCUT2D eigenvalue weighted by Gasteiger charge is 2.12. The van der Waals surface area contributed by atoms with Gasteiger partial charge in [-0.15, -0.1) is 0 Å². The summed E-state index contributed by atoms with van der Waals surface area (Å²) in [5, 5.41) is 8.86. The van der Waals surface area contributed by atoms with E-state index in [9.17, 15) is 4.79 Å². The van der Waals surface area contributed by atoms with Crippen molar-refractivity contribution in [3.63, 3.8) is 0 Å². The molecule has 1 N–H and O–H groups in total. The molecular weight excluding hydrogens is 295 g/mol. The molecule has 3 nitrogen and oxygen atoms in total. The van der Waals surface area contributed by atoms with Crippen LogP contribution in [0.3, 0.4) is 0 Å². The van der Waals surface area contributed by atoms with E-state index in [2.05, 4.69) is 0 Å². The Morgan fingerprint density at radius 2 is 2.14 bits per heavy atom. The normalized spacial score (nSPS) is 10.3. The fraction of sp³-hybridized carbons (Fsp3) is 0.300. The fourth-order valence-electron chi connectivity index (χ4n) is 1.02. The Morgan fingerprint density at radius 3 is 2.64 bits per heavy atom. The van der Waals surface area contributed by atoms with Gasteiger partial charge in [0.1, 0.15) is 5.75 Å². The van der Waals surface area contributed by atoms with Gasteiger partial charge in [0.25, 0.3) is 0 Å². The Kier molecular flexibility index (Phi) is 3.74. The molecule has 0 aromatic heterocycles. The van der Waals surface area contributed by atoms with Crippen LogP contribution in [0.5, 0.6) is 5.75 Å². The molecule has 1 rings (SSSR count). The summed E-state index contributed by atoms with van der Waals surface area (Å²) in [6.07, 6.45) is 0.0487. The van der Waals surface area contributed by atoms with Crippen molar-refractivity contribution >= 4 is 28.6 Å². The maximum atomic E-state index is 10.8. The van der Waals surface area contributed by atoms with Crippen LogP contribution in [0.1, 0.15) is 24.2 Å². The fourth-order valence-corrected chi connectivity index (χ4v) is 1.74. The van der Waals surface area contributed by atoms with Crippen molar-refractivity contribution in [3.05, 3.63) is 27.3 Å². The number of carboxylic acid groups (broad SMARTS) is 1. The van der Waals surface area contributed by atoms with E-state index in [1.807, 2.05) is 36.4 Å². The molecule has 0 aliphatic heterocycles. The monoisotopic (exact) mass is 306 g/mol. The minimum absolute atomic E-state index is 0.0487. The van der Waals surface area contributed by atoms with Crippen LogP contribution < -0.4 is 4.74 Å². The molecule has 0 bridgehead atoms. The summed E-state index contributed by atoms with van der Waals surface area (Å²) in [6, 6.07) is 5.02. The minimum Gasteiger partial charge on any atom is -0.490 e. The molecule has 0 unspecified atom stereocenters. The summed E-state index contributed by atoms with van der Waals surface area (Å²) in [7, 11) is 0. The third kappa shape index (κ3) is 2.60. The van der Waals surface area contributed by atoms with E-state index in [0.717, 1.165) is 0 Å². The minimum atomic E-state index is -0.927.